The van der Waals surface area contributed by atoms with Crippen LogP contribution in [0.25, 0.3) is 76.8 Å². The molecule has 1 aliphatic rings. The molecule has 0 bridgehead atoms. The van der Waals surface area contributed by atoms with Gasteiger partial charge in [0.25, 0.3) is 0 Å². The topological polar surface area (TPSA) is 3.24 Å². The van der Waals surface area contributed by atoms with E-state index in [1.165, 1.54) is 88.0 Å². The summed E-state index contributed by atoms with van der Waals surface area (Å²) in [4.78, 5) is 2.43. The molecule has 0 amide bonds. The quantitative estimate of drug-likeness (QED) is 0.155. The molecule has 0 heterocycles. The van der Waals surface area contributed by atoms with Crippen molar-refractivity contribution in [3.05, 3.63) is 223 Å². The lowest BCUT2D eigenvalue weighted by atomic mass is 9.93. The standard InChI is InChI=1S/C55H37N/c1-2-13-39-32-44(26-24-37(39)12-1)50-20-9-10-23-55(50)56(46-30-28-38(29-31-46)40-25-27-45-33-41-14-3-6-19-49(41)53(45)35-40)47-17-11-16-42(34-47)54-36-43-15-4-5-18-48(43)51-21-7-8-22-52(51)54/h1-32,34-36H,33H2. The summed E-state index contributed by atoms with van der Waals surface area (Å²) in [7, 11) is 0. The fraction of sp³-hybridized carbons (Fsp3) is 0.0182. The van der Waals surface area contributed by atoms with E-state index >= 15 is 0 Å². The maximum atomic E-state index is 2.43. The first-order valence-corrected chi connectivity index (χ1v) is 19.5. The highest BCUT2D eigenvalue weighted by molar-refractivity contribution is 6.14. The van der Waals surface area contributed by atoms with Gasteiger partial charge in [-0.05, 0) is 137 Å². The summed E-state index contributed by atoms with van der Waals surface area (Å²) < 4.78 is 0. The zero-order valence-corrected chi connectivity index (χ0v) is 30.9. The second kappa shape index (κ2) is 13.3. The van der Waals surface area contributed by atoms with Crippen molar-refractivity contribution in [2.75, 3.05) is 4.90 Å². The first-order chi connectivity index (χ1) is 27.7. The van der Waals surface area contributed by atoms with Crippen LogP contribution in [-0.2, 0) is 6.42 Å². The summed E-state index contributed by atoms with van der Waals surface area (Å²) in [6.45, 7) is 0. The number of rotatable bonds is 6. The predicted molar refractivity (Wildman–Crippen MR) is 238 cm³/mol. The van der Waals surface area contributed by atoms with Crippen LogP contribution >= 0.6 is 0 Å². The van der Waals surface area contributed by atoms with E-state index in [0.29, 0.717) is 0 Å². The molecule has 262 valence electrons. The highest BCUT2D eigenvalue weighted by atomic mass is 15.1. The molecule has 0 spiro atoms. The highest BCUT2D eigenvalue weighted by Crippen LogP contribution is 2.45. The van der Waals surface area contributed by atoms with Crippen molar-refractivity contribution < 1.29 is 0 Å². The van der Waals surface area contributed by atoms with Crippen LogP contribution in [0.1, 0.15) is 11.1 Å². The second-order valence-electron chi connectivity index (χ2n) is 14.9. The van der Waals surface area contributed by atoms with Gasteiger partial charge < -0.3 is 4.90 Å². The molecule has 1 nitrogen and oxygen atoms in total. The summed E-state index contributed by atoms with van der Waals surface area (Å²) >= 11 is 0. The Labute approximate surface area is 327 Å². The largest absolute Gasteiger partial charge is 0.310 e. The molecule has 0 aliphatic heterocycles. The van der Waals surface area contributed by atoms with Gasteiger partial charge >= 0.3 is 0 Å². The molecule has 10 aromatic rings. The van der Waals surface area contributed by atoms with Crippen molar-refractivity contribution in [2.45, 2.75) is 6.42 Å². The van der Waals surface area contributed by atoms with Gasteiger partial charge in [-0.2, -0.15) is 0 Å². The minimum atomic E-state index is 1.00. The third-order valence-electron chi connectivity index (χ3n) is 11.6. The van der Waals surface area contributed by atoms with E-state index in [0.717, 1.165) is 23.5 Å². The second-order valence-corrected chi connectivity index (χ2v) is 14.9. The maximum absolute atomic E-state index is 2.43. The predicted octanol–water partition coefficient (Wildman–Crippen LogP) is 15.2. The Morgan fingerprint density at radius 1 is 0.286 bits per heavy atom. The van der Waals surface area contributed by atoms with Crippen LogP contribution in [-0.4, -0.2) is 0 Å². The SMILES string of the molecule is c1cc(-c2cc3ccccc3c3ccccc23)cc(N(c2ccc(-c3ccc4c(c3)-c3ccccc3C4)cc2)c2ccccc2-c2ccc3ccccc3c2)c1. The fourth-order valence-electron chi connectivity index (χ4n) is 8.91. The van der Waals surface area contributed by atoms with Gasteiger partial charge in [-0.25, -0.2) is 0 Å². The molecule has 1 aliphatic carbocycles. The van der Waals surface area contributed by atoms with Gasteiger partial charge in [0.1, 0.15) is 0 Å². The smallest absolute Gasteiger partial charge is 0.0540 e. The molecule has 0 saturated heterocycles. The molecule has 0 saturated carbocycles. The van der Waals surface area contributed by atoms with Crippen molar-refractivity contribution in [1.82, 2.24) is 0 Å². The zero-order valence-electron chi connectivity index (χ0n) is 30.9. The minimum Gasteiger partial charge on any atom is -0.310 e. The monoisotopic (exact) mass is 711 g/mol. The molecule has 0 aromatic heterocycles. The van der Waals surface area contributed by atoms with Gasteiger partial charge in [-0.1, -0.05) is 164 Å². The van der Waals surface area contributed by atoms with E-state index in [2.05, 4.69) is 217 Å². The average molecular weight is 712 g/mol. The summed E-state index contributed by atoms with van der Waals surface area (Å²) in [6.07, 6.45) is 1.00. The lowest BCUT2D eigenvalue weighted by Gasteiger charge is -2.28. The van der Waals surface area contributed by atoms with Crippen LogP contribution in [0, 0.1) is 0 Å². The van der Waals surface area contributed by atoms with E-state index in [4.69, 9.17) is 0 Å². The lowest BCUT2D eigenvalue weighted by Crippen LogP contribution is -2.11. The Morgan fingerprint density at radius 3 is 1.80 bits per heavy atom. The number of hydrogen-bond acceptors (Lipinski definition) is 1. The molecular formula is C55H37N. The van der Waals surface area contributed by atoms with Crippen LogP contribution in [0.2, 0.25) is 0 Å². The van der Waals surface area contributed by atoms with E-state index in [-0.39, 0.29) is 0 Å². The third kappa shape index (κ3) is 5.48. The molecule has 0 N–H and O–H groups in total. The fourth-order valence-corrected chi connectivity index (χ4v) is 8.91. The molecule has 11 rings (SSSR count). The van der Waals surface area contributed by atoms with Crippen molar-refractivity contribution >= 4 is 49.4 Å². The Balaban J connectivity index is 1.07. The Kier molecular flexibility index (Phi) is 7.64. The van der Waals surface area contributed by atoms with E-state index < -0.39 is 0 Å². The summed E-state index contributed by atoms with van der Waals surface area (Å²) in [5.74, 6) is 0. The van der Waals surface area contributed by atoms with Crippen LogP contribution in [0.3, 0.4) is 0 Å². The number of anilines is 3. The molecule has 0 atom stereocenters. The Hall–Kier alpha value is -7.22. The molecule has 56 heavy (non-hydrogen) atoms. The van der Waals surface area contributed by atoms with Gasteiger partial charge in [0.05, 0.1) is 5.69 Å². The number of hydrogen-bond donors (Lipinski definition) is 0. The van der Waals surface area contributed by atoms with Crippen LogP contribution < -0.4 is 4.90 Å². The van der Waals surface area contributed by atoms with E-state index in [9.17, 15) is 0 Å². The van der Waals surface area contributed by atoms with Gasteiger partial charge in [0.2, 0.25) is 0 Å². The molecule has 0 radical (unpaired) electrons. The minimum absolute atomic E-state index is 1.00. The summed E-state index contributed by atoms with van der Waals surface area (Å²) in [5, 5.41) is 7.53. The Morgan fingerprint density at radius 2 is 0.929 bits per heavy atom. The van der Waals surface area contributed by atoms with Gasteiger partial charge in [0.15, 0.2) is 0 Å². The van der Waals surface area contributed by atoms with Crippen LogP contribution in [0.4, 0.5) is 17.1 Å². The lowest BCUT2D eigenvalue weighted by molar-refractivity contribution is 1.26. The van der Waals surface area contributed by atoms with Crippen molar-refractivity contribution in [2.24, 2.45) is 0 Å². The van der Waals surface area contributed by atoms with Crippen LogP contribution in [0.15, 0.2) is 212 Å². The molecule has 10 aromatic carbocycles. The molecular weight excluding hydrogens is 675 g/mol. The molecule has 1 heteroatoms. The van der Waals surface area contributed by atoms with Gasteiger partial charge in [0, 0.05) is 16.9 Å². The number of fused-ring (bicyclic) bond motifs is 7. The number of nitrogens with zero attached hydrogens (tertiary/aromatic N) is 1. The zero-order chi connectivity index (χ0) is 37.0. The van der Waals surface area contributed by atoms with Gasteiger partial charge in [-0.15, -0.1) is 0 Å². The van der Waals surface area contributed by atoms with Crippen LogP contribution in [0.5, 0.6) is 0 Å². The van der Waals surface area contributed by atoms with E-state index in [1.54, 1.807) is 0 Å². The summed E-state index contributed by atoms with van der Waals surface area (Å²) in [6, 6.07) is 78.1. The first-order valence-electron chi connectivity index (χ1n) is 19.5. The van der Waals surface area contributed by atoms with Gasteiger partial charge in [-0.3, -0.25) is 0 Å². The third-order valence-corrected chi connectivity index (χ3v) is 11.6. The highest BCUT2D eigenvalue weighted by Gasteiger charge is 2.21. The number of para-hydroxylation sites is 1. The summed E-state index contributed by atoms with van der Waals surface area (Å²) in [5.41, 5.74) is 16.1. The first kappa shape index (κ1) is 32.2. The Bertz CT molecular complexity index is 3120. The normalized spacial score (nSPS) is 11.9. The maximum Gasteiger partial charge on any atom is 0.0540 e. The van der Waals surface area contributed by atoms with Crippen molar-refractivity contribution in [1.29, 1.82) is 0 Å². The average Bonchev–Trinajstić information content (AvgIpc) is 3.65. The van der Waals surface area contributed by atoms with Crippen molar-refractivity contribution in [3.8, 4) is 44.5 Å². The number of benzene rings is 10. The molecule has 0 unspecified atom stereocenters. The van der Waals surface area contributed by atoms with E-state index in [1.807, 2.05) is 0 Å². The molecule has 0 fully saturated rings. The van der Waals surface area contributed by atoms with Crippen molar-refractivity contribution in [3.63, 3.8) is 0 Å².